The van der Waals surface area contributed by atoms with Crippen LogP contribution in [0.1, 0.15) is 214 Å². The molecule has 4 aliphatic rings. The molecule has 0 radical (unpaired) electrons. The second kappa shape index (κ2) is 41.6. The lowest BCUT2D eigenvalue weighted by Crippen LogP contribution is -2.28. The molecule has 0 aliphatic carbocycles. The van der Waals surface area contributed by atoms with Crippen LogP contribution in [0.2, 0.25) is 0 Å². The minimum atomic E-state index is -0.468. The molecule has 4 aromatic rings. The third-order valence-electron chi connectivity index (χ3n) is 11.7. The predicted octanol–water partition coefficient (Wildman–Crippen LogP) is 17.3. The summed E-state index contributed by atoms with van der Waals surface area (Å²) in [6, 6.07) is 13.3. The number of hydrogen-bond donors (Lipinski definition) is 4. The summed E-state index contributed by atoms with van der Waals surface area (Å²) >= 11 is 4.48. The predicted molar refractivity (Wildman–Crippen MR) is 402 cm³/mol. The molecule has 0 bridgehead atoms. The maximum absolute atomic E-state index is 13.1. The zero-order chi connectivity index (χ0) is 74.6. The first-order chi connectivity index (χ1) is 44.2. The highest BCUT2D eigenvalue weighted by Gasteiger charge is 2.33. The number of ketones is 1. The molecule has 98 heavy (non-hydrogen) atoms. The van der Waals surface area contributed by atoms with Crippen molar-refractivity contribution in [2.45, 2.75) is 256 Å². The summed E-state index contributed by atoms with van der Waals surface area (Å²) in [6.45, 7) is 67.3. The van der Waals surface area contributed by atoms with Gasteiger partial charge in [-0.15, -0.1) is 11.8 Å². The van der Waals surface area contributed by atoms with E-state index in [0.717, 1.165) is 40.0 Å². The third-order valence-corrected chi connectivity index (χ3v) is 15.3. The van der Waals surface area contributed by atoms with Gasteiger partial charge in [0, 0.05) is 45.5 Å². The van der Waals surface area contributed by atoms with E-state index in [2.05, 4.69) is 148 Å². The van der Waals surface area contributed by atoms with Crippen LogP contribution in [0.5, 0.6) is 0 Å². The van der Waals surface area contributed by atoms with E-state index < -0.39 is 11.6 Å². The van der Waals surface area contributed by atoms with Crippen molar-refractivity contribution in [2.24, 2.45) is 20.4 Å². The number of benzene rings is 2. The lowest BCUT2D eigenvalue weighted by atomic mass is 9.86. The van der Waals surface area contributed by atoms with Crippen LogP contribution < -0.4 is 15.7 Å². The van der Waals surface area contributed by atoms with Gasteiger partial charge in [-0.25, -0.2) is 39.7 Å². The Morgan fingerprint density at radius 3 is 1.43 bits per heavy atom. The average Bonchev–Trinajstić information content (AvgIpc) is 1.76. The largest absolute Gasteiger partial charge is 0.374 e. The van der Waals surface area contributed by atoms with Crippen LogP contribution in [0, 0.1) is 37.8 Å². The number of aliphatic imine (C=N–C) groups is 3. The van der Waals surface area contributed by atoms with E-state index >= 15 is 0 Å². The lowest BCUT2D eigenvalue weighted by molar-refractivity contribution is -0.122. The summed E-state index contributed by atoms with van der Waals surface area (Å²) in [5.41, 5.74) is 8.01. The van der Waals surface area contributed by atoms with Gasteiger partial charge in [-0.2, -0.15) is 15.1 Å². The Labute approximate surface area is 599 Å². The first-order valence-electron chi connectivity index (χ1n) is 32.0. The van der Waals surface area contributed by atoms with E-state index in [4.69, 9.17) is 33.4 Å². The summed E-state index contributed by atoms with van der Waals surface area (Å²) in [5, 5.41) is 6.92. The number of aromatic nitrogens is 5. The van der Waals surface area contributed by atoms with Gasteiger partial charge in [0.15, 0.2) is 22.6 Å². The van der Waals surface area contributed by atoms with Gasteiger partial charge in [0.25, 0.3) is 0 Å². The topological polar surface area (TPSA) is 239 Å². The van der Waals surface area contributed by atoms with Gasteiger partial charge in [0.05, 0.1) is 46.3 Å². The molecule has 4 aliphatic heterocycles. The molecule has 0 saturated carbocycles. The van der Waals surface area contributed by atoms with E-state index in [1.165, 1.54) is 53.5 Å². The van der Waals surface area contributed by atoms with Crippen molar-refractivity contribution in [3.05, 3.63) is 137 Å². The molecule has 0 spiro atoms. The second-order valence-corrected chi connectivity index (χ2v) is 33.9. The molecule has 1 unspecified atom stereocenters. The molecule has 0 amide bonds. The molecular formula is C73H119F2N11O9S3. The molecular weight excluding hydrogens is 1310 g/mol. The number of carbonyl (C=O) groups is 2. The Kier molecular flexibility index (Phi) is 39.1. The third kappa shape index (κ3) is 45.6. The Balaban J connectivity index is 0.00000110. The second-order valence-electron chi connectivity index (χ2n) is 30.7. The quantitative estimate of drug-likeness (QED) is 0.0586. The Morgan fingerprint density at radius 1 is 0.612 bits per heavy atom. The monoisotopic (exact) mass is 1430 g/mol. The number of ether oxygens (including phenoxy) is 5. The zero-order valence-electron chi connectivity index (χ0n) is 63.1. The minimum Gasteiger partial charge on any atom is -0.374 e. The van der Waals surface area contributed by atoms with Crippen molar-refractivity contribution in [3.63, 3.8) is 0 Å². The summed E-state index contributed by atoms with van der Waals surface area (Å²) in [5.74, 6) is 4.78. The summed E-state index contributed by atoms with van der Waals surface area (Å²) in [4.78, 5) is 57.4. The maximum Gasteiger partial charge on any atom is 0.240 e. The number of aromatic amines is 1. The van der Waals surface area contributed by atoms with Crippen molar-refractivity contribution in [1.82, 2.24) is 40.8 Å². The van der Waals surface area contributed by atoms with Crippen LogP contribution in [0.25, 0.3) is 0 Å². The van der Waals surface area contributed by atoms with Gasteiger partial charge in [0.1, 0.15) is 66.9 Å². The standard InChI is InChI=1S/C12H18S.C11H14F2.C9H14N2.C9H14O3S.2C8H14N2O2.C8H14N2OS.C7H13N3O.CH4/c1-10-7-5-6-8-11(10)13-9-12(2,3)4;1-7-9(12)5-8(6-10(7)13)11(2,3)4;1-7-10-6-5-8(11-7)9(2,3)4;1-9(2,3)12-5-7-6(10)4-8(11)13-7;3*1-6-9-7(10-12-6)5-11-8(2,3)4;1-7(2,3)11-4-6-8-5-9-10-6;/h5-8H,9H2,1-4H3;5-6H,1-4H3;5-6H,1-4H3;7H,4-5H2,1-3H3;3*1,5H2,2-4H3,(H,9,10);5H,4H2,1-3H3,(H,8,9,10);1H4. The number of H-pyrrole nitrogens is 1. The van der Waals surface area contributed by atoms with Crippen LogP contribution in [-0.2, 0) is 60.4 Å². The van der Waals surface area contributed by atoms with Crippen LogP contribution in [0.4, 0.5) is 8.78 Å². The molecule has 552 valence electrons. The Morgan fingerprint density at radius 2 is 1.08 bits per heavy atom. The van der Waals surface area contributed by atoms with Gasteiger partial charge in [0.2, 0.25) is 11.8 Å². The number of amidine groups is 3. The van der Waals surface area contributed by atoms with Gasteiger partial charge in [-0.05, 0) is 184 Å². The van der Waals surface area contributed by atoms with E-state index in [9.17, 15) is 18.4 Å². The van der Waals surface area contributed by atoms with Gasteiger partial charge >= 0.3 is 0 Å². The van der Waals surface area contributed by atoms with E-state index in [-0.39, 0.29) is 74.4 Å². The van der Waals surface area contributed by atoms with Crippen molar-refractivity contribution in [1.29, 1.82) is 0 Å². The SMILES string of the molecule is C.C=C1N=C(COC(C)(C)C)NO1.C=C1N=C(COC(C)(C)C)NO1.C=C1N=C(COC(C)(C)C)NS1.CC(C)(C)OCC1SC(=O)CC1=O.CC(C)(C)OCc1ncn[nH]1.Cc1c(F)cc(C(C)(C)C)cc1F.Cc1ccccc1SCC(C)(C)C.Cc1nccc(C(C)(C)C)n1. The Bertz CT molecular complexity index is 3080. The zero-order valence-corrected chi connectivity index (χ0v) is 65.6. The van der Waals surface area contributed by atoms with Gasteiger partial charge < -0.3 is 38.1 Å². The fourth-order valence-electron chi connectivity index (χ4n) is 6.51. The number of hydrogen-bond acceptors (Lipinski definition) is 22. The highest BCUT2D eigenvalue weighted by atomic mass is 32.2. The molecule has 1 saturated heterocycles. The molecule has 8 rings (SSSR count). The number of nitrogens with one attached hydrogen (secondary N) is 4. The van der Waals surface area contributed by atoms with E-state index in [1.807, 2.05) is 156 Å². The normalized spacial score (nSPS) is 15.3. The molecule has 2 aromatic heterocycles. The number of carbonyl (C=O) groups excluding carboxylic acids is 2. The fraction of sp³-hybridized carbons (Fsp3) is 0.603. The van der Waals surface area contributed by atoms with Gasteiger partial charge in [-0.3, -0.25) is 14.7 Å². The Hall–Kier alpha value is -6.06. The number of halogens is 2. The number of Topliss-reactive ketones (excluding diaryl/α,β-unsaturated/α-hetero) is 1. The molecule has 25 heteroatoms. The van der Waals surface area contributed by atoms with Crippen molar-refractivity contribution in [3.8, 4) is 0 Å². The lowest BCUT2D eigenvalue weighted by Gasteiger charge is -2.20. The highest BCUT2D eigenvalue weighted by Crippen LogP contribution is 2.30. The molecule has 20 nitrogen and oxygen atoms in total. The first-order valence-corrected chi connectivity index (χ1v) is 34.7. The highest BCUT2D eigenvalue weighted by molar-refractivity contribution is 8.15. The minimum absolute atomic E-state index is 0. The number of rotatable bonds is 12. The number of hydroxylamine groups is 2. The van der Waals surface area contributed by atoms with Crippen LogP contribution in [0.15, 0.2) is 111 Å². The van der Waals surface area contributed by atoms with Gasteiger partial charge in [-0.1, -0.05) is 106 Å². The molecule has 2 aromatic carbocycles. The molecule has 1 atom stereocenters. The van der Waals surface area contributed by atoms with Crippen molar-refractivity contribution < 1.29 is 51.7 Å². The number of thioether (sulfide) groups is 2. The smallest absolute Gasteiger partial charge is 0.240 e. The van der Waals surface area contributed by atoms with Crippen molar-refractivity contribution in [2.75, 3.05) is 32.2 Å². The molecule has 6 heterocycles. The van der Waals surface area contributed by atoms with Crippen LogP contribution in [0.3, 0.4) is 0 Å². The summed E-state index contributed by atoms with van der Waals surface area (Å²) in [6.07, 6.45) is 3.35. The average molecular weight is 1430 g/mol. The maximum atomic E-state index is 13.1. The molecule has 1 fully saturated rings. The van der Waals surface area contributed by atoms with E-state index in [0.29, 0.717) is 67.5 Å². The number of aryl methyl sites for hydroxylation is 2. The van der Waals surface area contributed by atoms with Crippen LogP contribution >= 0.6 is 35.5 Å². The summed E-state index contributed by atoms with van der Waals surface area (Å²) < 4.78 is 56.6. The summed E-state index contributed by atoms with van der Waals surface area (Å²) in [7, 11) is 0. The fourth-order valence-corrected chi connectivity index (χ4v) is 8.96. The van der Waals surface area contributed by atoms with Crippen molar-refractivity contribution >= 4 is 63.9 Å². The molecule has 4 N–H and O–H groups in total. The number of nitrogens with zero attached hydrogens (tertiary/aromatic N) is 7. The first kappa shape index (κ1) is 91.9. The van der Waals surface area contributed by atoms with E-state index in [1.54, 1.807) is 0 Å². The van der Waals surface area contributed by atoms with Crippen LogP contribution in [-0.4, -0.2) is 119 Å².